The SMILES string of the molecule is CCOc1ccc(-c2cc(C(=O)Nc3ccc(C)cc3)no2)cc1. The van der Waals surface area contributed by atoms with E-state index >= 15 is 0 Å². The van der Waals surface area contributed by atoms with E-state index in [2.05, 4.69) is 10.5 Å². The number of hydrogen-bond donors (Lipinski definition) is 1. The van der Waals surface area contributed by atoms with E-state index in [4.69, 9.17) is 9.26 Å². The number of aromatic nitrogens is 1. The van der Waals surface area contributed by atoms with E-state index in [1.54, 1.807) is 6.07 Å². The van der Waals surface area contributed by atoms with Crippen LogP contribution in [0, 0.1) is 6.92 Å². The lowest BCUT2D eigenvalue weighted by molar-refractivity contribution is 0.101. The van der Waals surface area contributed by atoms with Crippen LogP contribution in [0.4, 0.5) is 5.69 Å². The molecule has 0 unspecified atom stereocenters. The molecule has 0 saturated carbocycles. The molecular weight excluding hydrogens is 304 g/mol. The van der Waals surface area contributed by atoms with Crippen molar-refractivity contribution < 1.29 is 14.1 Å². The summed E-state index contributed by atoms with van der Waals surface area (Å²) >= 11 is 0. The third kappa shape index (κ3) is 3.63. The molecule has 1 amide bonds. The number of nitrogens with one attached hydrogen (secondary N) is 1. The van der Waals surface area contributed by atoms with Gasteiger partial charge < -0.3 is 14.6 Å². The maximum atomic E-state index is 12.2. The summed E-state index contributed by atoms with van der Waals surface area (Å²) in [6.45, 7) is 4.54. The van der Waals surface area contributed by atoms with E-state index in [0.717, 1.165) is 22.6 Å². The second-order valence-electron chi connectivity index (χ2n) is 5.35. The number of anilines is 1. The fourth-order valence-electron chi connectivity index (χ4n) is 2.23. The summed E-state index contributed by atoms with van der Waals surface area (Å²) in [4.78, 5) is 12.2. The Hall–Kier alpha value is -3.08. The molecule has 0 aliphatic carbocycles. The van der Waals surface area contributed by atoms with Gasteiger partial charge in [0.2, 0.25) is 0 Å². The molecule has 122 valence electrons. The van der Waals surface area contributed by atoms with Gasteiger partial charge in [-0.2, -0.15) is 0 Å². The molecule has 3 rings (SSSR count). The van der Waals surface area contributed by atoms with Gasteiger partial charge in [-0.05, 0) is 50.2 Å². The number of carbonyl (C=O) groups excluding carboxylic acids is 1. The fourth-order valence-corrected chi connectivity index (χ4v) is 2.23. The summed E-state index contributed by atoms with van der Waals surface area (Å²) in [7, 11) is 0. The van der Waals surface area contributed by atoms with Crippen molar-refractivity contribution in [1.82, 2.24) is 5.16 Å². The molecular formula is C19H18N2O3. The third-order valence-corrected chi connectivity index (χ3v) is 3.50. The molecule has 5 nitrogen and oxygen atoms in total. The van der Waals surface area contributed by atoms with Gasteiger partial charge in [-0.15, -0.1) is 0 Å². The standard InChI is InChI=1S/C19H18N2O3/c1-3-23-16-10-6-14(7-11-16)18-12-17(21-24-18)19(22)20-15-8-4-13(2)5-9-15/h4-12H,3H2,1-2H3,(H,20,22). The number of nitrogens with zero attached hydrogens (tertiary/aromatic N) is 1. The number of hydrogen-bond acceptors (Lipinski definition) is 4. The number of ether oxygens (including phenoxy) is 1. The molecule has 0 atom stereocenters. The van der Waals surface area contributed by atoms with Gasteiger partial charge in [0.15, 0.2) is 11.5 Å². The third-order valence-electron chi connectivity index (χ3n) is 3.50. The van der Waals surface area contributed by atoms with Crippen molar-refractivity contribution in [2.24, 2.45) is 0 Å². The van der Waals surface area contributed by atoms with Crippen LogP contribution < -0.4 is 10.1 Å². The second-order valence-corrected chi connectivity index (χ2v) is 5.35. The van der Waals surface area contributed by atoms with Crippen molar-refractivity contribution in [3.05, 3.63) is 65.9 Å². The Morgan fingerprint density at radius 2 is 1.83 bits per heavy atom. The van der Waals surface area contributed by atoms with E-state index in [1.807, 2.05) is 62.4 Å². The van der Waals surface area contributed by atoms with Crippen LogP contribution in [0.25, 0.3) is 11.3 Å². The minimum atomic E-state index is -0.306. The Labute approximate surface area is 140 Å². The Morgan fingerprint density at radius 3 is 2.50 bits per heavy atom. The molecule has 5 heteroatoms. The minimum absolute atomic E-state index is 0.236. The highest BCUT2D eigenvalue weighted by atomic mass is 16.5. The van der Waals surface area contributed by atoms with Gasteiger partial charge in [-0.1, -0.05) is 22.9 Å². The van der Waals surface area contributed by atoms with Crippen molar-refractivity contribution in [3.63, 3.8) is 0 Å². The number of rotatable bonds is 5. The van der Waals surface area contributed by atoms with Crippen molar-refractivity contribution in [3.8, 4) is 17.1 Å². The van der Waals surface area contributed by atoms with Gasteiger partial charge >= 0.3 is 0 Å². The lowest BCUT2D eigenvalue weighted by Crippen LogP contribution is -2.11. The van der Waals surface area contributed by atoms with Crippen LogP contribution in [-0.2, 0) is 0 Å². The molecule has 1 heterocycles. The molecule has 0 saturated heterocycles. The Morgan fingerprint density at radius 1 is 1.12 bits per heavy atom. The predicted molar refractivity (Wildman–Crippen MR) is 92.2 cm³/mol. The lowest BCUT2D eigenvalue weighted by Gasteiger charge is -2.03. The Kier molecular flexibility index (Phi) is 4.61. The van der Waals surface area contributed by atoms with Crippen molar-refractivity contribution >= 4 is 11.6 Å². The van der Waals surface area contributed by atoms with E-state index in [9.17, 15) is 4.79 Å². The van der Waals surface area contributed by atoms with Crippen LogP contribution >= 0.6 is 0 Å². The fraction of sp³-hybridized carbons (Fsp3) is 0.158. The number of carbonyl (C=O) groups is 1. The predicted octanol–water partition coefficient (Wildman–Crippen LogP) is 4.30. The monoisotopic (exact) mass is 322 g/mol. The van der Waals surface area contributed by atoms with Crippen LogP contribution in [0.2, 0.25) is 0 Å². The Balaban J connectivity index is 1.72. The van der Waals surface area contributed by atoms with Crippen LogP contribution in [0.5, 0.6) is 5.75 Å². The quantitative estimate of drug-likeness (QED) is 0.760. The van der Waals surface area contributed by atoms with Gasteiger partial charge in [0, 0.05) is 17.3 Å². The van der Waals surface area contributed by atoms with Crippen molar-refractivity contribution in [1.29, 1.82) is 0 Å². The summed E-state index contributed by atoms with van der Waals surface area (Å²) in [6, 6.07) is 16.6. The summed E-state index contributed by atoms with van der Waals surface area (Å²) in [5.74, 6) is 1.02. The average molecular weight is 322 g/mol. The molecule has 0 aliphatic rings. The van der Waals surface area contributed by atoms with Gasteiger partial charge in [0.1, 0.15) is 5.75 Å². The van der Waals surface area contributed by atoms with E-state index in [0.29, 0.717) is 12.4 Å². The average Bonchev–Trinajstić information content (AvgIpc) is 3.08. The van der Waals surface area contributed by atoms with Gasteiger partial charge in [-0.25, -0.2) is 0 Å². The maximum absolute atomic E-state index is 12.2. The minimum Gasteiger partial charge on any atom is -0.494 e. The largest absolute Gasteiger partial charge is 0.494 e. The first kappa shape index (κ1) is 15.8. The van der Waals surface area contributed by atoms with Gasteiger partial charge in [0.05, 0.1) is 6.61 Å². The zero-order valence-corrected chi connectivity index (χ0v) is 13.6. The molecule has 0 spiro atoms. The summed E-state index contributed by atoms with van der Waals surface area (Å²) in [6.07, 6.45) is 0. The highest BCUT2D eigenvalue weighted by Crippen LogP contribution is 2.23. The molecule has 3 aromatic rings. The van der Waals surface area contributed by atoms with E-state index in [-0.39, 0.29) is 11.6 Å². The molecule has 1 N–H and O–H groups in total. The second kappa shape index (κ2) is 7.00. The highest BCUT2D eigenvalue weighted by molar-refractivity contribution is 6.03. The molecule has 0 aliphatic heterocycles. The molecule has 24 heavy (non-hydrogen) atoms. The lowest BCUT2D eigenvalue weighted by atomic mass is 10.1. The molecule has 2 aromatic carbocycles. The highest BCUT2D eigenvalue weighted by Gasteiger charge is 2.14. The van der Waals surface area contributed by atoms with Crippen LogP contribution in [0.3, 0.4) is 0 Å². The maximum Gasteiger partial charge on any atom is 0.277 e. The molecule has 1 aromatic heterocycles. The first-order valence-corrected chi connectivity index (χ1v) is 7.73. The number of amides is 1. The normalized spacial score (nSPS) is 10.4. The van der Waals surface area contributed by atoms with E-state index in [1.165, 1.54) is 0 Å². The van der Waals surface area contributed by atoms with E-state index < -0.39 is 0 Å². The van der Waals surface area contributed by atoms with Crippen LogP contribution in [0.1, 0.15) is 23.0 Å². The molecule has 0 fully saturated rings. The van der Waals surface area contributed by atoms with Gasteiger partial charge in [-0.3, -0.25) is 4.79 Å². The smallest absolute Gasteiger partial charge is 0.277 e. The molecule has 0 bridgehead atoms. The summed E-state index contributed by atoms with van der Waals surface area (Å²) < 4.78 is 10.7. The topological polar surface area (TPSA) is 64.4 Å². The number of aryl methyl sites for hydroxylation is 1. The zero-order chi connectivity index (χ0) is 16.9. The summed E-state index contributed by atoms with van der Waals surface area (Å²) in [5, 5.41) is 6.64. The van der Waals surface area contributed by atoms with Crippen molar-refractivity contribution in [2.75, 3.05) is 11.9 Å². The molecule has 0 radical (unpaired) electrons. The van der Waals surface area contributed by atoms with Crippen LogP contribution in [0.15, 0.2) is 59.1 Å². The van der Waals surface area contributed by atoms with Crippen molar-refractivity contribution in [2.45, 2.75) is 13.8 Å². The number of benzene rings is 2. The first-order chi connectivity index (χ1) is 11.7. The zero-order valence-electron chi connectivity index (χ0n) is 13.6. The first-order valence-electron chi connectivity index (χ1n) is 7.73. The van der Waals surface area contributed by atoms with Gasteiger partial charge in [0.25, 0.3) is 5.91 Å². The summed E-state index contributed by atoms with van der Waals surface area (Å²) in [5.41, 5.74) is 2.92. The van der Waals surface area contributed by atoms with Crippen LogP contribution in [-0.4, -0.2) is 17.7 Å². The Bertz CT molecular complexity index is 821.